The van der Waals surface area contributed by atoms with Gasteiger partial charge < -0.3 is 0 Å². The molecule has 0 heteroatoms. The van der Waals surface area contributed by atoms with Crippen LogP contribution in [0.15, 0.2) is 66.2 Å². The number of terminal acetylenes is 1. The second-order valence-electron chi connectivity index (χ2n) is 4.33. The zero-order valence-corrected chi connectivity index (χ0v) is 10.6. The first kappa shape index (κ1) is 12.2. The fourth-order valence-electron chi connectivity index (χ4n) is 2.05. The Labute approximate surface area is 109 Å². The number of hydrogen-bond donors (Lipinski definition) is 0. The number of benzene rings is 2. The molecule has 0 fully saturated rings. The monoisotopic (exact) mass is 232 g/mol. The van der Waals surface area contributed by atoms with Gasteiger partial charge in [-0.05, 0) is 24.5 Å². The number of rotatable bonds is 3. The highest BCUT2D eigenvalue weighted by atomic mass is 14.1. The van der Waals surface area contributed by atoms with Crippen molar-refractivity contribution in [2.24, 2.45) is 0 Å². The van der Waals surface area contributed by atoms with Crippen LogP contribution in [0, 0.1) is 12.3 Å². The Bertz CT molecular complexity index is 568. The summed E-state index contributed by atoms with van der Waals surface area (Å²) < 4.78 is 0. The normalized spacial score (nSPS) is 11.6. The maximum absolute atomic E-state index is 5.65. The molecule has 0 N–H and O–H groups in total. The van der Waals surface area contributed by atoms with Crippen LogP contribution in [0.4, 0.5) is 0 Å². The van der Waals surface area contributed by atoms with Crippen LogP contribution in [-0.4, -0.2) is 0 Å². The summed E-state index contributed by atoms with van der Waals surface area (Å²) in [5.74, 6) is 2.82. The lowest BCUT2D eigenvalue weighted by molar-refractivity contribution is 1.15. The molecule has 0 unspecified atom stereocenters. The first-order valence-electron chi connectivity index (χ1n) is 6.07. The van der Waals surface area contributed by atoms with Gasteiger partial charge in [0, 0.05) is 5.57 Å². The Balaban J connectivity index is 2.31. The van der Waals surface area contributed by atoms with Gasteiger partial charge in [0.2, 0.25) is 0 Å². The van der Waals surface area contributed by atoms with E-state index in [2.05, 4.69) is 49.2 Å². The summed E-state index contributed by atoms with van der Waals surface area (Å²) in [4.78, 5) is 0. The molecular formula is C18H16. The van der Waals surface area contributed by atoms with Crippen LogP contribution in [0.5, 0.6) is 0 Å². The highest BCUT2D eigenvalue weighted by Crippen LogP contribution is 2.20. The maximum atomic E-state index is 5.65. The minimum absolute atomic E-state index is 0.898. The summed E-state index contributed by atoms with van der Waals surface area (Å²) in [5, 5.41) is 0. The second-order valence-corrected chi connectivity index (χ2v) is 4.33. The van der Waals surface area contributed by atoms with Crippen molar-refractivity contribution in [3.8, 4) is 12.3 Å². The van der Waals surface area contributed by atoms with Crippen molar-refractivity contribution in [1.29, 1.82) is 0 Å². The van der Waals surface area contributed by atoms with Crippen LogP contribution in [0.1, 0.15) is 18.1 Å². The Hall–Kier alpha value is -2.26. The average molecular weight is 232 g/mol. The minimum Gasteiger partial charge on any atom is -0.115 e. The van der Waals surface area contributed by atoms with Crippen molar-refractivity contribution < 1.29 is 0 Å². The van der Waals surface area contributed by atoms with E-state index < -0.39 is 0 Å². The zero-order chi connectivity index (χ0) is 12.8. The smallest absolute Gasteiger partial charge is 0.0307 e. The molecule has 18 heavy (non-hydrogen) atoms. The Kier molecular flexibility index (Phi) is 3.99. The van der Waals surface area contributed by atoms with Crippen molar-refractivity contribution >= 4 is 5.57 Å². The van der Waals surface area contributed by atoms with Gasteiger partial charge in [0.15, 0.2) is 0 Å². The molecule has 0 bridgehead atoms. The third kappa shape index (κ3) is 2.90. The van der Waals surface area contributed by atoms with Gasteiger partial charge in [-0.25, -0.2) is 0 Å². The summed E-state index contributed by atoms with van der Waals surface area (Å²) >= 11 is 0. The molecule has 0 heterocycles. The molecule has 0 aliphatic heterocycles. The SMILES string of the molecule is C#C/C(=C(/C)Cc1ccccc1)c1ccccc1. The van der Waals surface area contributed by atoms with Gasteiger partial charge in [-0.2, -0.15) is 0 Å². The van der Waals surface area contributed by atoms with Crippen LogP contribution in [0.3, 0.4) is 0 Å². The van der Waals surface area contributed by atoms with Crippen molar-refractivity contribution in [2.45, 2.75) is 13.3 Å². The summed E-state index contributed by atoms with van der Waals surface area (Å²) in [5.41, 5.74) is 4.64. The van der Waals surface area contributed by atoms with Crippen LogP contribution in [-0.2, 0) is 6.42 Å². The fourth-order valence-corrected chi connectivity index (χ4v) is 2.05. The number of allylic oxidation sites excluding steroid dienone is 2. The number of hydrogen-bond acceptors (Lipinski definition) is 0. The molecule has 0 saturated heterocycles. The molecule has 0 aliphatic rings. The summed E-state index contributed by atoms with van der Waals surface area (Å²) in [6.45, 7) is 2.11. The van der Waals surface area contributed by atoms with Crippen molar-refractivity contribution in [2.75, 3.05) is 0 Å². The molecule has 0 spiro atoms. The van der Waals surface area contributed by atoms with E-state index in [1.165, 1.54) is 11.1 Å². The zero-order valence-electron chi connectivity index (χ0n) is 10.6. The van der Waals surface area contributed by atoms with Gasteiger partial charge in [0.25, 0.3) is 0 Å². The Morgan fingerprint density at radius 1 is 0.944 bits per heavy atom. The van der Waals surface area contributed by atoms with Gasteiger partial charge in [0.1, 0.15) is 0 Å². The maximum Gasteiger partial charge on any atom is 0.0307 e. The van der Waals surface area contributed by atoms with Gasteiger partial charge in [-0.1, -0.05) is 72.2 Å². The van der Waals surface area contributed by atoms with E-state index >= 15 is 0 Å². The van der Waals surface area contributed by atoms with Crippen LogP contribution >= 0.6 is 0 Å². The highest BCUT2D eigenvalue weighted by molar-refractivity contribution is 5.80. The van der Waals surface area contributed by atoms with Crippen LogP contribution in [0.25, 0.3) is 5.57 Å². The van der Waals surface area contributed by atoms with Crippen LogP contribution in [0.2, 0.25) is 0 Å². The second kappa shape index (κ2) is 5.89. The predicted octanol–water partition coefficient (Wildman–Crippen LogP) is 4.34. The molecule has 2 rings (SSSR count). The molecule has 88 valence electrons. The highest BCUT2D eigenvalue weighted by Gasteiger charge is 2.03. The largest absolute Gasteiger partial charge is 0.115 e. The lowest BCUT2D eigenvalue weighted by Gasteiger charge is -2.07. The third-order valence-electron chi connectivity index (χ3n) is 2.95. The third-order valence-corrected chi connectivity index (χ3v) is 2.95. The van der Waals surface area contributed by atoms with Gasteiger partial charge in [0.05, 0.1) is 0 Å². The van der Waals surface area contributed by atoms with Gasteiger partial charge in [-0.3, -0.25) is 0 Å². The Morgan fingerprint density at radius 2 is 1.50 bits per heavy atom. The van der Waals surface area contributed by atoms with Crippen molar-refractivity contribution in [3.05, 3.63) is 77.4 Å². The van der Waals surface area contributed by atoms with Gasteiger partial charge in [-0.15, -0.1) is 6.42 Å². The lowest BCUT2D eigenvalue weighted by Crippen LogP contribution is -1.92. The summed E-state index contributed by atoms with van der Waals surface area (Å²) in [7, 11) is 0. The van der Waals surface area contributed by atoms with E-state index in [1.54, 1.807) is 0 Å². The predicted molar refractivity (Wildman–Crippen MR) is 78.0 cm³/mol. The fraction of sp³-hybridized carbons (Fsp3) is 0.111. The lowest BCUT2D eigenvalue weighted by atomic mass is 9.97. The molecule has 0 nitrogen and oxygen atoms in total. The molecule has 0 radical (unpaired) electrons. The van der Waals surface area contributed by atoms with Crippen molar-refractivity contribution in [1.82, 2.24) is 0 Å². The van der Waals surface area contributed by atoms with E-state index in [0.717, 1.165) is 17.6 Å². The topological polar surface area (TPSA) is 0 Å². The molecule has 0 atom stereocenters. The van der Waals surface area contributed by atoms with E-state index in [-0.39, 0.29) is 0 Å². The molecule has 2 aromatic carbocycles. The molecule has 0 aromatic heterocycles. The van der Waals surface area contributed by atoms with E-state index in [9.17, 15) is 0 Å². The summed E-state index contributed by atoms with van der Waals surface area (Å²) in [6.07, 6.45) is 6.55. The van der Waals surface area contributed by atoms with E-state index in [4.69, 9.17) is 6.42 Å². The first-order valence-corrected chi connectivity index (χ1v) is 6.07. The van der Waals surface area contributed by atoms with Gasteiger partial charge >= 0.3 is 0 Å². The molecule has 0 amide bonds. The molecule has 0 saturated carbocycles. The Morgan fingerprint density at radius 3 is 2.06 bits per heavy atom. The standard InChI is InChI=1S/C18H16/c1-3-18(17-12-8-5-9-13-17)15(2)14-16-10-6-4-7-11-16/h1,4-13H,14H2,2H3/b18-15+. The van der Waals surface area contributed by atoms with Crippen LogP contribution < -0.4 is 0 Å². The van der Waals surface area contributed by atoms with Crippen molar-refractivity contribution in [3.63, 3.8) is 0 Å². The molecular weight excluding hydrogens is 216 g/mol. The van der Waals surface area contributed by atoms with E-state index in [0.29, 0.717) is 0 Å². The quantitative estimate of drug-likeness (QED) is 0.691. The van der Waals surface area contributed by atoms with E-state index in [1.807, 2.05) is 24.3 Å². The summed E-state index contributed by atoms with van der Waals surface area (Å²) in [6, 6.07) is 20.6. The minimum atomic E-state index is 0.898. The first-order chi connectivity index (χ1) is 8.81. The molecule has 0 aliphatic carbocycles. The average Bonchev–Trinajstić information content (AvgIpc) is 2.42. The molecule has 2 aromatic rings.